The second-order valence-electron chi connectivity index (χ2n) is 5.18. The van der Waals surface area contributed by atoms with Gasteiger partial charge in [-0.05, 0) is 48.5 Å². The molecule has 2 heterocycles. The lowest BCUT2D eigenvalue weighted by Crippen LogP contribution is -1.92. The lowest BCUT2D eigenvalue weighted by Gasteiger charge is -2.05. The van der Waals surface area contributed by atoms with Gasteiger partial charge in [-0.3, -0.25) is 4.68 Å². The van der Waals surface area contributed by atoms with Crippen molar-refractivity contribution in [1.82, 2.24) is 19.3 Å². The van der Waals surface area contributed by atoms with Gasteiger partial charge in [0.25, 0.3) is 0 Å². The number of nitrogens with zero attached hydrogens (tertiary/aromatic N) is 4. The van der Waals surface area contributed by atoms with Gasteiger partial charge in [-0.1, -0.05) is 0 Å². The van der Waals surface area contributed by atoms with E-state index in [0.717, 1.165) is 22.2 Å². The summed E-state index contributed by atoms with van der Waals surface area (Å²) in [7, 11) is 1.85. The van der Waals surface area contributed by atoms with Crippen LogP contribution >= 0.6 is 0 Å². The van der Waals surface area contributed by atoms with Gasteiger partial charge < -0.3 is 4.57 Å². The van der Waals surface area contributed by atoms with Crippen molar-refractivity contribution in [1.29, 1.82) is 0 Å². The second-order valence-corrected chi connectivity index (χ2v) is 5.18. The lowest BCUT2D eigenvalue weighted by molar-refractivity contribution is 0.627. The summed E-state index contributed by atoms with van der Waals surface area (Å²) < 4.78 is 16.8. The average Bonchev–Trinajstić information content (AvgIpc) is 3.14. The van der Waals surface area contributed by atoms with Crippen LogP contribution in [0.3, 0.4) is 0 Å². The van der Waals surface area contributed by atoms with Gasteiger partial charge in [0.05, 0.1) is 5.52 Å². The smallest absolute Gasteiger partial charge is 0.181 e. The van der Waals surface area contributed by atoms with E-state index in [4.69, 9.17) is 0 Å². The molecule has 4 rings (SSSR count). The van der Waals surface area contributed by atoms with Gasteiger partial charge in [0.2, 0.25) is 0 Å². The monoisotopic (exact) mass is 292 g/mol. The maximum atomic E-state index is 13.1. The van der Waals surface area contributed by atoms with E-state index < -0.39 is 0 Å². The molecular weight excluding hydrogens is 279 g/mol. The molecule has 0 saturated carbocycles. The van der Waals surface area contributed by atoms with Crippen LogP contribution in [-0.4, -0.2) is 19.3 Å². The first kappa shape index (κ1) is 12.8. The molecule has 0 bridgehead atoms. The van der Waals surface area contributed by atoms with Crippen molar-refractivity contribution < 1.29 is 4.39 Å². The number of hydrogen-bond acceptors (Lipinski definition) is 2. The molecule has 0 amide bonds. The Hall–Kier alpha value is -2.95. The standard InChI is InChI=1S/C17H13FN4/c1-21-11-19-17(20-21)13-2-7-16-12(10-13)8-9-22(16)15-5-3-14(18)4-6-15/h2-11H,1H3. The minimum Gasteiger partial charge on any atom is -0.317 e. The zero-order chi connectivity index (χ0) is 15.1. The summed E-state index contributed by atoms with van der Waals surface area (Å²) in [6.45, 7) is 0. The Morgan fingerprint density at radius 1 is 1.00 bits per heavy atom. The summed E-state index contributed by atoms with van der Waals surface area (Å²) in [6.07, 6.45) is 3.66. The molecule has 5 heteroatoms. The molecule has 0 aliphatic carbocycles. The van der Waals surface area contributed by atoms with Crippen LogP contribution in [0.2, 0.25) is 0 Å². The maximum Gasteiger partial charge on any atom is 0.181 e. The van der Waals surface area contributed by atoms with Crippen molar-refractivity contribution in [2.45, 2.75) is 0 Å². The average molecular weight is 292 g/mol. The fourth-order valence-corrected chi connectivity index (χ4v) is 2.58. The van der Waals surface area contributed by atoms with Gasteiger partial charge in [-0.25, -0.2) is 9.37 Å². The minimum atomic E-state index is -0.233. The van der Waals surface area contributed by atoms with E-state index in [2.05, 4.69) is 16.1 Å². The molecule has 0 radical (unpaired) electrons. The summed E-state index contributed by atoms with van der Waals surface area (Å²) >= 11 is 0. The van der Waals surface area contributed by atoms with Crippen LogP contribution in [0.4, 0.5) is 4.39 Å². The molecule has 0 N–H and O–H groups in total. The van der Waals surface area contributed by atoms with Gasteiger partial charge in [0.15, 0.2) is 5.82 Å². The third-order valence-electron chi connectivity index (χ3n) is 3.65. The van der Waals surface area contributed by atoms with E-state index in [9.17, 15) is 4.39 Å². The number of hydrogen-bond donors (Lipinski definition) is 0. The van der Waals surface area contributed by atoms with Crippen molar-refractivity contribution in [3.63, 3.8) is 0 Å². The number of aromatic nitrogens is 4. The zero-order valence-corrected chi connectivity index (χ0v) is 11.9. The van der Waals surface area contributed by atoms with Crippen LogP contribution in [0.1, 0.15) is 0 Å². The number of rotatable bonds is 2. The molecule has 4 nitrogen and oxygen atoms in total. The lowest BCUT2D eigenvalue weighted by atomic mass is 10.1. The van der Waals surface area contributed by atoms with Crippen LogP contribution < -0.4 is 0 Å². The van der Waals surface area contributed by atoms with E-state index in [0.29, 0.717) is 5.82 Å². The third-order valence-corrected chi connectivity index (χ3v) is 3.65. The van der Waals surface area contributed by atoms with Crippen molar-refractivity contribution in [2.75, 3.05) is 0 Å². The normalized spacial score (nSPS) is 11.2. The molecule has 2 aromatic carbocycles. The van der Waals surface area contributed by atoms with Gasteiger partial charge in [0, 0.05) is 29.9 Å². The van der Waals surface area contributed by atoms with Crippen LogP contribution in [0.5, 0.6) is 0 Å². The van der Waals surface area contributed by atoms with Crippen molar-refractivity contribution in [3.05, 3.63) is 66.9 Å². The molecule has 22 heavy (non-hydrogen) atoms. The highest BCUT2D eigenvalue weighted by Crippen LogP contribution is 2.25. The van der Waals surface area contributed by atoms with E-state index in [1.54, 1.807) is 23.1 Å². The highest BCUT2D eigenvalue weighted by atomic mass is 19.1. The highest BCUT2D eigenvalue weighted by Gasteiger charge is 2.08. The first-order valence-corrected chi connectivity index (χ1v) is 6.94. The van der Waals surface area contributed by atoms with Gasteiger partial charge >= 0.3 is 0 Å². The first-order valence-electron chi connectivity index (χ1n) is 6.94. The number of fused-ring (bicyclic) bond motifs is 1. The fraction of sp³-hybridized carbons (Fsp3) is 0.0588. The van der Waals surface area contributed by atoms with Crippen LogP contribution in [0.25, 0.3) is 28.0 Å². The maximum absolute atomic E-state index is 13.1. The quantitative estimate of drug-likeness (QED) is 0.566. The molecule has 0 atom stereocenters. The summed E-state index contributed by atoms with van der Waals surface area (Å²) in [4.78, 5) is 4.27. The molecule has 4 aromatic rings. The first-order chi connectivity index (χ1) is 10.7. The Kier molecular flexibility index (Phi) is 2.79. The van der Waals surface area contributed by atoms with Crippen molar-refractivity contribution in [2.24, 2.45) is 7.05 Å². The number of benzene rings is 2. The summed E-state index contributed by atoms with van der Waals surface area (Å²) in [6, 6.07) is 14.6. The molecule has 0 aliphatic heterocycles. The molecular formula is C17H13FN4. The van der Waals surface area contributed by atoms with E-state index in [1.807, 2.05) is 36.0 Å². The predicted octanol–water partition coefficient (Wildman–Crippen LogP) is 3.57. The van der Waals surface area contributed by atoms with Gasteiger partial charge in [-0.15, -0.1) is 0 Å². The topological polar surface area (TPSA) is 35.6 Å². The largest absolute Gasteiger partial charge is 0.317 e. The Morgan fingerprint density at radius 3 is 2.55 bits per heavy atom. The summed E-state index contributed by atoms with van der Waals surface area (Å²) in [5.41, 5.74) is 2.97. The Labute approximate surface area is 126 Å². The molecule has 0 unspecified atom stereocenters. The molecule has 0 aliphatic rings. The highest BCUT2D eigenvalue weighted by molar-refractivity contribution is 5.86. The van der Waals surface area contributed by atoms with Crippen molar-refractivity contribution in [3.8, 4) is 17.1 Å². The molecule has 0 spiro atoms. The molecule has 2 aromatic heterocycles. The molecule has 0 saturated heterocycles. The number of halogens is 1. The number of aryl methyl sites for hydroxylation is 1. The molecule has 0 fully saturated rings. The summed E-state index contributed by atoms with van der Waals surface area (Å²) in [5, 5.41) is 5.41. The Balaban J connectivity index is 1.82. The Bertz CT molecular complexity index is 950. The van der Waals surface area contributed by atoms with Crippen LogP contribution in [0.15, 0.2) is 61.1 Å². The van der Waals surface area contributed by atoms with Crippen LogP contribution in [0, 0.1) is 5.82 Å². The van der Waals surface area contributed by atoms with Crippen LogP contribution in [-0.2, 0) is 7.05 Å². The second kappa shape index (κ2) is 4.80. The third kappa shape index (κ3) is 2.07. The zero-order valence-electron chi connectivity index (χ0n) is 11.9. The Morgan fingerprint density at radius 2 is 1.82 bits per heavy atom. The summed E-state index contributed by atoms with van der Waals surface area (Å²) in [5.74, 6) is 0.475. The van der Waals surface area contributed by atoms with E-state index >= 15 is 0 Å². The van der Waals surface area contributed by atoms with E-state index in [-0.39, 0.29) is 5.82 Å². The minimum absolute atomic E-state index is 0.233. The fourth-order valence-electron chi connectivity index (χ4n) is 2.58. The predicted molar refractivity (Wildman–Crippen MR) is 83.2 cm³/mol. The SMILES string of the molecule is Cn1cnc(-c2ccc3c(ccn3-c3ccc(F)cc3)c2)n1. The van der Waals surface area contributed by atoms with Crippen molar-refractivity contribution >= 4 is 10.9 Å². The van der Waals surface area contributed by atoms with Gasteiger partial charge in [-0.2, -0.15) is 5.10 Å². The van der Waals surface area contributed by atoms with Gasteiger partial charge in [0.1, 0.15) is 12.1 Å². The molecule has 108 valence electrons. The van der Waals surface area contributed by atoms with E-state index in [1.165, 1.54) is 12.1 Å².